The van der Waals surface area contributed by atoms with Gasteiger partial charge in [-0.05, 0) is 73.4 Å². The zero-order valence-corrected chi connectivity index (χ0v) is 20.8. The Morgan fingerprint density at radius 2 is 1.81 bits per heavy atom. The molecule has 1 aliphatic heterocycles. The highest BCUT2D eigenvalue weighted by Crippen LogP contribution is 2.33. The second kappa shape index (κ2) is 10.3. The first-order chi connectivity index (χ1) is 17.2. The summed E-state index contributed by atoms with van der Waals surface area (Å²) in [6, 6.07) is 14.2. The minimum absolute atomic E-state index is 0.200. The number of rotatable bonds is 6. The lowest BCUT2D eigenvalue weighted by molar-refractivity contribution is -0.122. The van der Waals surface area contributed by atoms with Crippen LogP contribution in [-0.4, -0.2) is 24.5 Å². The SMILES string of the molecule is CCOc1cc(/C=C2\C(=O)NC(=O)N(c3cc(C)ccc3C)C2=O)cc(Cl)c1Cc1ccccc1F. The Labute approximate surface area is 213 Å². The molecule has 3 aromatic carbocycles. The molecule has 1 N–H and O–H groups in total. The number of nitrogens with zero attached hydrogens (tertiary/aromatic N) is 1. The van der Waals surface area contributed by atoms with E-state index < -0.39 is 17.8 Å². The third kappa shape index (κ3) is 5.02. The van der Waals surface area contributed by atoms with E-state index in [2.05, 4.69) is 5.32 Å². The first kappa shape index (κ1) is 25.1. The number of hydrogen-bond donors (Lipinski definition) is 1. The highest BCUT2D eigenvalue weighted by molar-refractivity contribution is 6.39. The van der Waals surface area contributed by atoms with Gasteiger partial charge in [0, 0.05) is 17.0 Å². The van der Waals surface area contributed by atoms with Crippen LogP contribution in [0.5, 0.6) is 5.75 Å². The van der Waals surface area contributed by atoms with Gasteiger partial charge >= 0.3 is 6.03 Å². The molecule has 1 aliphatic rings. The second-order valence-corrected chi connectivity index (χ2v) is 8.84. The highest BCUT2D eigenvalue weighted by Gasteiger charge is 2.37. The maximum absolute atomic E-state index is 14.3. The molecule has 0 radical (unpaired) electrons. The maximum atomic E-state index is 14.3. The first-order valence-electron chi connectivity index (χ1n) is 11.4. The molecule has 4 rings (SSSR count). The molecule has 0 spiro atoms. The van der Waals surface area contributed by atoms with Crippen molar-refractivity contribution in [3.63, 3.8) is 0 Å². The Kier molecular flexibility index (Phi) is 7.22. The van der Waals surface area contributed by atoms with Crippen molar-refractivity contribution in [3.05, 3.63) is 98.8 Å². The van der Waals surface area contributed by atoms with Gasteiger partial charge in [0.1, 0.15) is 17.1 Å². The molecule has 0 bridgehead atoms. The summed E-state index contributed by atoms with van der Waals surface area (Å²) < 4.78 is 20.0. The smallest absolute Gasteiger partial charge is 0.335 e. The molecule has 0 saturated carbocycles. The van der Waals surface area contributed by atoms with E-state index in [0.29, 0.717) is 45.3 Å². The monoisotopic (exact) mass is 506 g/mol. The molecule has 6 nitrogen and oxygen atoms in total. The standard InChI is InChI=1S/C28H24ClFN2O4/c1-4-36-25-14-18(13-22(29)20(25)15-19-7-5-6-8-23(19)30)12-21-26(33)31-28(35)32(27(21)34)24-11-16(2)9-10-17(24)3/h5-14H,4,15H2,1-3H3,(H,31,33,35)/b21-12+. The Balaban J connectivity index is 1.75. The van der Waals surface area contributed by atoms with Crippen LogP contribution in [0.25, 0.3) is 6.08 Å². The fourth-order valence-corrected chi connectivity index (χ4v) is 4.29. The Bertz CT molecular complexity index is 1420. The van der Waals surface area contributed by atoms with Crippen LogP contribution >= 0.6 is 11.6 Å². The lowest BCUT2D eigenvalue weighted by atomic mass is 10.00. The number of nitrogens with one attached hydrogen (secondary N) is 1. The van der Waals surface area contributed by atoms with E-state index in [0.717, 1.165) is 10.5 Å². The van der Waals surface area contributed by atoms with E-state index in [-0.39, 0.29) is 17.8 Å². The number of halogens is 2. The summed E-state index contributed by atoms with van der Waals surface area (Å²) in [5.41, 5.74) is 3.19. The molecule has 1 heterocycles. The highest BCUT2D eigenvalue weighted by atomic mass is 35.5. The minimum Gasteiger partial charge on any atom is -0.494 e. The molecular formula is C28H24ClFN2O4. The van der Waals surface area contributed by atoms with Crippen LogP contribution in [0.1, 0.15) is 34.7 Å². The van der Waals surface area contributed by atoms with Crippen LogP contribution in [0.4, 0.5) is 14.9 Å². The van der Waals surface area contributed by atoms with Crippen molar-refractivity contribution < 1.29 is 23.5 Å². The molecule has 1 saturated heterocycles. The van der Waals surface area contributed by atoms with E-state index >= 15 is 0 Å². The number of hydrogen-bond acceptors (Lipinski definition) is 4. The van der Waals surface area contributed by atoms with Gasteiger partial charge in [-0.2, -0.15) is 0 Å². The summed E-state index contributed by atoms with van der Waals surface area (Å²) in [6.07, 6.45) is 1.57. The Hall–Kier alpha value is -3.97. The fourth-order valence-electron chi connectivity index (χ4n) is 4.01. The number of anilines is 1. The van der Waals surface area contributed by atoms with Crippen molar-refractivity contribution in [2.75, 3.05) is 11.5 Å². The second-order valence-electron chi connectivity index (χ2n) is 8.43. The molecule has 0 aromatic heterocycles. The minimum atomic E-state index is -0.816. The lowest BCUT2D eigenvalue weighted by Gasteiger charge is -2.28. The Morgan fingerprint density at radius 3 is 2.53 bits per heavy atom. The average molecular weight is 507 g/mol. The summed E-state index contributed by atoms with van der Waals surface area (Å²) in [6.45, 7) is 5.75. The van der Waals surface area contributed by atoms with E-state index in [1.165, 1.54) is 12.1 Å². The number of amides is 4. The van der Waals surface area contributed by atoms with E-state index in [9.17, 15) is 18.8 Å². The predicted molar refractivity (Wildman–Crippen MR) is 137 cm³/mol. The van der Waals surface area contributed by atoms with Gasteiger partial charge < -0.3 is 4.74 Å². The average Bonchev–Trinajstić information content (AvgIpc) is 2.82. The zero-order valence-electron chi connectivity index (χ0n) is 20.0. The largest absolute Gasteiger partial charge is 0.494 e. The van der Waals surface area contributed by atoms with Crippen molar-refractivity contribution in [2.45, 2.75) is 27.2 Å². The number of carbonyl (C=O) groups is 3. The van der Waals surface area contributed by atoms with Gasteiger partial charge in [-0.3, -0.25) is 14.9 Å². The van der Waals surface area contributed by atoms with Gasteiger partial charge in [0.2, 0.25) is 0 Å². The molecule has 4 amide bonds. The van der Waals surface area contributed by atoms with E-state index in [4.69, 9.17) is 16.3 Å². The lowest BCUT2D eigenvalue weighted by Crippen LogP contribution is -2.54. The third-order valence-corrected chi connectivity index (χ3v) is 6.16. The van der Waals surface area contributed by atoms with Gasteiger partial charge in [-0.15, -0.1) is 0 Å². The van der Waals surface area contributed by atoms with Crippen LogP contribution in [0.2, 0.25) is 5.02 Å². The van der Waals surface area contributed by atoms with Crippen molar-refractivity contribution in [2.24, 2.45) is 0 Å². The molecule has 1 fully saturated rings. The number of barbiturate groups is 1. The van der Waals surface area contributed by atoms with E-state index in [1.807, 2.05) is 13.0 Å². The summed E-state index contributed by atoms with van der Waals surface area (Å²) >= 11 is 6.57. The maximum Gasteiger partial charge on any atom is 0.335 e. The number of urea groups is 1. The van der Waals surface area contributed by atoms with Gasteiger partial charge in [0.15, 0.2) is 0 Å². The summed E-state index contributed by atoms with van der Waals surface area (Å²) in [4.78, 5) is 39.5. The molecule has 0 atom stereocenters. The summed E-state index contributed by atoms with van der Waals surface area (Å²) in [5.74, 6) is -1.51. The van der Waals surface area contributed by atoms with Crippen LogP contribution < -0.4 is 15.0 Å². The summed E-state index contributed by atoms with van der Waals surface area (Å²) in [5, 5.41) is 2.53. The van der Waals surface area contributed by atoms with Crippen LogP contribution in [0, 0.1) is 19.7 Å². The predicted octanol–water partition coefficient (Wildman–Crippen LogP) is 5.75. The van der Waals surface area contributed by atoms with Gasteiger partial charge in [0.05, 0.1) is 12.3 Å². The molecule has 0 unspecified atom stereocenters. The van der Waals surface area contributed by atoms with Crippen LogP contribution in [-0.2, 0) is 16.0 Å². The topological polar surface area (TPSA) is 75.7 Å². The molecule has 8 heteroatoms. The number of imide groups is 2. The van der Waals surface area contributed by atoms with Crippen molar-refractivity contribution in [1.82, 2.24) is 5.32 Å². The van der Waals surface area contributed by atoms with Gasteiger partial charge in [-0.25, -0.2) is 14.1 Å². The fraction of sp³-hybridized carbons (Fsp3) is 0.179. The Morgan fingerprint density at radius 1 is 1.06 bits per heavy atom. The molecular weight excluding hydrogens is 483 g/mol. The quantitative estimate of drug-likeness (QED) is 0.341. The van der Waals surface area contributed by atoms with Crippen LogP contribution in [0.3, 0.4) is 0 Å². The third-order valence-electron chi connectivity index (χ3n) is 5.82. The number of ether oxygens (including phenoxy) is 1. The number of aryl methyl sites for hydroxylation is 2. The van der Waals surface area contributed by atoms with Crippen molar-refractivity contribution in [1.29, 1.82) is 0 Å². The zero-order chi connectivity index (χ0) is 26.0. The first-order valence-corrected chi connectivity index (χ1v) is 11.7. The normalized spacial score (nSPS) is 14.9. The molecule has 3 aromatic rings. The summed E-state index contributed by atoms with van der Waals surface area (Å²) in [7, 11) is 0. The van der Waals surface area contributed by atoms with Crippen LogP contribution in [0.15, 0.2) is 60.2 Å². The van der Waals surface area contributed by atoms with Gasteiger partial charge in [0.25, 0.3) is 11.8 Å². The molecule has 0 aliphatic carbocycles. The number of carbonyl (C=O) groups excluding carboxylic acids is 3. The number of benzene rings is 3. The van der Waals surface area contributed by atoms with Gasteiger partial charge in [-0.1, -0.05) is 41.9 Å². The molecule has 184 valence electrons. The molecule has 36 heavy (non-hydrogen) atoms. The van der Waals surface area contributed by atoms with Crippen molar-refractivity contribution in [3.8, 4) is 5.75 Å². The van der Waals surface area contributed by atoms with Crippen molar-refractivity contribution >= 4 is 41.2 Å². The van der Waals surface area contributed by atoms with E-state index in [1.54, 1.807) is 56.3 Å².